The van der Waals surface area contributed by atoms with Gasteiger partial charge in [0.05, 0.1) is 19.3 Å². The molecule has 2 aliphatic heterocycles. The van der Waals surface area contributed by atoms with E-state index in [-0.39, 0.29) is 29.1 Å². The average molecular weight is 378 g/mol. The third-order valence-corrected chi connectivity index (χ3v) is 4.64. The molecular formula is C19H22O8. The van der Waals surface area contributed by atoms with Crippen LogP contribution in [0.4, 0.5) is 0 Å². The van der Waals surface area contributed by atoms with Gasteiger partial charge in [-0.25, -0.2) is 4.79 Å². The molecule has 0 radical (unpaired) electrons. The fourth-order valence-electron chi connectivity index (χ4n) is 3.10. The lowest BCUT2D eigenvalue weighted by Gasteiger charge is -2.22. The van der Waals surface area contributed by atoms with E-state index in [1.54, 1.807) is 13.0 Å². The van der Waals surface area contributed by atoms with E-state index in [4.69, 9.17) is 14.2 Å². The minimum absolute atomic E-state index is 0.00568. The molecule has 3 N–H and O–H groups in total. The number of phenols is 1. The number of aliphatic hydroxyl groups is 2. The summed E-state index contributed by atoms with van der Waals surface area (Å²) in [5, 5.41) is 31.2. The van der Waals surface area contributed by atoms with Crippen LogP contribution >= 0.6 is 0 Å². The molecule has 2 aliphatic rings. The summed E-state index contributed by atoms with van der Waals surface area (Å²) < 4.78 is 15.7. The first-order valence-corrected chi connectivity index (χ1v) is 8.65. The summed E-state index contributed by atoms with van der Waals surface area (Å²) >= 11 is 0. The van der Waals surface area contributed by atoms with E-state index in [2.05, 4.69) is 0 Å². The maximum Gasteiger partial charge on any atom is 0.342 e. The number of ketones is 1. The number of carbonyl (C=O) groups excluding carboxylic acids is 2. The van der Waals surface area contributed by atoms with Gasteiger partial charge in [0.1, 0.15) is 35.4 Å². The van der Waals surface area contributed by atoms with E-state index in [1.807, 2.05) is 0 Å². The molecule has 3 rings (SSSR count). The predicted octanol–water partition coefficient (Wildman–Crippen LogP) is 1.03. The van der Waals surface area contributed by atoms with E-state index in [1.165, 1.54) is 25.3 Å². The normalized spacial score (nSPS) is 32.5. The number of aliphatic hydroxyl groups excluding tert-OH is 2. The SMILES string of the molecule is COc1cc(O)c2c(c1)[C@@H](O)[C@@H](O)C[C@@H]1O[C@@H]1C(=O)/C=C\C[C@H](C)OC2=O. The van der Waals surface area contributed by atoms with Gasteiger partial charge in [-0.3, -0.25) is 4.79 Å². The lowest BCUT2D eigenvalue weighted by molar-refractivity contribution is -0.115. The molecule has 1 aromatic carbocycles. The van der Waals surface area contributed by atoms with Gasteiger partial charge in [0.25, 0.3) is 0 Å². The Morgan fingerprint density at radius 3 is 2.67 bits per heavy atom. The molecular weight excluding hydrogens is 356 g/mol. The van der Waals surface area contributed by atoms with E-state index in [0.29, 0.717) is 6.42 Å². The summed E-state index contributed by atoms with van der Waals surface area (Å²) in [6, 6.07) is 2.59. The second-order valence-corrected chi connectivity index (χ2v) is 6.71. The van der Waals surface area contributed by atoms with Crippen molar-refractivity contribution < 1.29 is 39.1 Å². The van der Waals surface area contributed by atoms with Crippen molar-refractivity contribution in [1.82, 2.24) is 0 Å². The molecule has 0 amide bonds. The molecule has 27 heavy (non-hydrogen) atoms. The molecule has 0 unspecified atom stereocenters. The van der Waals surface area contributed by atoms with Crippen LogP contribution in [0, 0.1) is 0 Å². The largest absolute Gasteiger partial charge is 0.507 e. The molecule has 1 fully saturated rings. The summed E-state index contributed by atoms with van der Waals surface area (Å²) in [6.45, 7) is 1.64. The Balaban J connectivity index is 2.00. The zero-order valence-corrected chi connectivity index (χ0v) is 15.0. The first kappa shape index (κ1) is 19.3. The van der Waals surface area contributed by atoms with Crippen molar-refractivity contribution in [3.63, 3.8) is 0 Å². The smallest absolute Gasteiger partial charge is 0.342 e. The number of hydrogen-bond acceptors (Lipinski definition) is 8. The van der Waals surface area contributed by atoms with Crippen LogP contribution in [0.2, 0.25) is 0 Å². The number of benzene rings is 1. The van der Waals surface area contributed by atoms with Gasteiger partial charge in [-0.1, -0.05) is 6.08 Å². The highest BCUT2D eigenvalue weighted by Crippen LogP contribution is 2.37. The minimum atomic E-state index is -1.51. The van der Waals surface area contributed by atoms with Gasteiger partial charge in [-0.05, 0) is 19.1 Å². The Kier molecular flexibility index (Phi) is 5.50. The molecule has 2 heterocycles. The van der Waals surface area contributed by atoms with Gasteiger partial charge in [-0.15, -0.1) is 0 Å². The first-order chi connectivity index (χ1) is 12.8. The molecule has 0 aliphatic carbocycles. The highest BCUT2D eigenvalue weighted by Gasteiger charge is 2.45. The molecule has 8 nitrogen and oxygen atoms in total. The number of cyclic esters (lactones) is 1. The summed E-state index contributed by atoms with van der Waals surface area (Å²) in [7, 11) is 1.37. The third-order valence-electron chi connectivity index (χ3n) is 4.64. The van der Waals surface area contributed by atoms with E-state index in [9.17, 15) is 24.9 Å². The number of methoxy groups -OCH3 is 1. The van der Waals surface area contributed by atoms with Crippen molar-refractivity contribution in [2.45, 2.75) is 50.3 Å². The van der Waals surface area contributed by atoms with Crippen molar-refractivity contribution in [2.75, 3.05) is 7.11 Å². The van der Waals surface area contributed by atoms with Crippen LogP contribution in [0.5, 0.6) is 11.5 Å². The Morgan fingerprint density at radius 1 is 1.22 bits per heavy atom. The molecule has 5 atom stereocenters. The van der Waals surface area contributed by atoms with Crippen molar-refractivity contribution in [3.05, 3.63) is 35.4 Å². The average Bonchev–Trinajstić information content (AvgIpc) is 3.38. The minimum Gasteiger partial charge on any atom is -0.507 e. The number of rotatable bonds is 1. The van der Waals surface area contributed by atoms with Crippen LogP contribution < -0.4 is 4.74 Å². The number of epoxide rings is 1. The quantitative estimate of drug-likeness (QED) is 0.489. The highest BCUT2D eigenvalue weighted by molar-refractivity contribution is 5.96. The van der Waals surface area contributed by atoms with Crippen LogP contribution in [-0.2, 0) is 14.3 Å². The molecule has 1 saturated heterocycles. The summed E-state index contributed by atoms with van der Waals surface area (Å²) in [4.78, 5) is 24.6. The van der Waals surface area contributed by atoms with Crippen molar-refractivity contribution in [3.8, 4) is 11.5 Å². The second-order valence-electron chi connectivity index (χ2n) is 6.71. The van der Waals surface area contributed by atoms with Gasteiger partial charge in [0.2, 0.25) is 0 Å². The Hall–Kier alpha value is -2.42. The van der Waals surface area contributed by atoms with Gasteiger partial charge >= 0.3 is 5.97 Å². The van der Waals surface area contributed by atoms with E-state index < -0.39 is 42.2 Å². The standard InChI is InChI=1S/C19H22O8/c1-9-4-3-5-12(20)18-15(27-18)8-14(22)17(23)11-6-10(25-2)7-13(21)16(11)19(24)26-9/h3,5-7,9,14-15,17-18,21-23H,4,8H2,1-2H3/b5-3-/t9-,14-,15-,17+,18+/m0/s1. The van der Waals surface area contributed by atoms with Crippen LogP contribution in [0.1, 0.15) is 41.8 Å². The third kappa shape index (κ3) is 4.13. The fourth-order valence-corrected chi connectivity index (χ4v) is 3.10. The van der Waals surface area contributed by atoms with E-state index >= 15 is 0 Å². The number of phenolic OH excluding ortho intramolecular Hbond substituents is 1. The molecule has 0 spiro atoms. The van der Waals surface area contributed by atoms with Crippen LogP contribution in [-0.4, -0.2) is 58.6 Å². The van der Waals surface area contributed by atoms with Crippen LogP contribution in [0.15, 0.2) is 24.3 Å². The zero-order chi connectivity index (χ0) is 19.7. The van der Waals surface area contributed by atoms with Crippen molar-refractivity contribution >= 4 is 11.8 Å². The monoisotopic (exact) mass is 378 g/mol. The number of carbonyl (C=O) groups is 2. The summed E-state index contributed by atoms with van der Waals surface area (Å²) in [6.07, 6.45) is -1.33. The second kappa shape index (κ2) is 7.67. The predicted molar refractivity (Wildman–Crippen MR) is 92.5 cm³/mol. The van der Waals surface area contributed by atoms with Crippen LogP contribution in [0.25, 0.3) is 0 Å². The number of esters is 1. The van der Waals surface area contributed by atoms with E-state index in [0.717, 1.165) is 0 Å². The van der Waals surface area contributed by atoms with Gasteiger partial charge in [0.15, 0.2) is 5.78 Å². The zero-order valence-electron chi connectivity index (χ0n) is 15.0. The Labute approximate surface area is 156 Å². The van der Waals surface area contributed by atoms with Gasteiger partial charge < -0.3 is 29.5 Å². The molecule has 146 valence electrons. The lowest BCUT2D eigenvalue weighted by atomic mass is 9.94. The summed E-state index contributed by atoms with van der Waals surface area (Å²) in [5.41, 5.74) is -0.257. The molecule has 8 heteroatoms. The Bertz CT molecular complexity index is 771. The lowest BCUT2D eigenvalue weighted by Crippen LogP contribution is -2.25. The van der Waals surface area contributed by atoms with Crippen molar-refractivity contribution in [1.29, 1.82) is 0 Å². The maximum atomic E-state index is 12.6. The molecule has 0 bridgehead atoms. The Morgan fingerprint density at radius 2 is 1.96 bits per heavy atom. The molecule has 0 aromatic heterocycles. The highest BCUT2D eigenvalue weighted by atomic mass is 16.6. The topological polar surface area (TPSA) is 126 Å². The van der Waals surface area contributed by atoms with Gasteiger partial charge in [-0.2, -0.15) is 0 Å². The molecule has 1 aromatic rings. The van der Waals surface area contributed by atoms with Crippen LogP contribution in [0.3, 0.4) is 0 Å². The number of aromatic hydroxyl groups is 1. The first-order valence-electron chi connectivity index (χ1n) is 8.65. The van der Waals surface area contributed by atoms with Crippen molar-refractivity contribution in [2.24, 2.45) is 0 Å². The van der Waals surface area contributed by atoms with Gasteiger partial charge in [0, 0.05) is 24.5 Å². The number of fused-ring (bicyclic) bond motifs is 2. The number of hydrogen-bond donors (Lipinski definition) is 3. The molecule has 0 saturated carbocycles. The maximum absolute atomic E-state index is 12.6. The fraction of sp³-hybridized carbons (Fsp3) is 0.474. The summed E-state index contributed by atoms with van der Waals surface area (Å²) in [5.74, 6) is -1.30. The number of ether oxygens (including phenoxy) is 3.